The average molecular weight is 361 g/mol. The molecule has 0 unspecified atom stereocenters. The minimum absolute atomic E-state index is 0.237. The fourth-order valence-electron chi connectivity index (χ4n) is 2.16. The van der Waals surface area contributed by atoms with Crippen LogP contribution in [0, 0.1) is 5.82 Å². The summed E-state index contributed by atoms with van der Waals surface area (Å²) in [6, 6.07) is 14.0. The topological polar surface area (TPSA) is 30.2 Å². The third-order valence-corrected chi connectivity index (χ3v) is 3.74. The second-order valence-electron chi connectivity index (χ2n) is 5.06. The van der Waals surface area contributed by atoms with Crippen LogP contribution in [0.2, 0.25) is 10.0 Å². The van der Waals surface area contributed by atoms with Crippen LogP contribution in [0.5, 0.6) is 0 Å². The zero-order chi connectivity index (χ0) is 17.1. The number of furan rings is 1. The fourth-order valence-corrected chi connectivity index (χ4v) is 2.69. The van der Waals surface area contributed by atoms with E-state index in [1.807, 2.05) is 0 Å². The molecule has 3 aromatic rings. The van der Waals surface area contributed by atoms with Gasteiger partial charge in [-0.3, -0.25) is 4.79 Å². The van der Waals surface area contributed by atoms with Gasteiger partial charge in [0.2, 0.25) is 0 Å². The molecule has 0 atom stereocenters. The second-order valence-corrected chi connectivity index (χ2v) is 5.94. The molecule has 0 N–H and O–H groups in total. The van der Waals surface area contributed by atoms with Crippen LogP contribution in [0.3, 0.4) is 0 Å². The van der Waals surface area contributed by atoms with E-state index in [4.69, 9.17) is 27.6 Å². The van der Waals surface area contributed by atoms with Crippen molar-refractivity contribution in [1.82, 2.24) is 0 Å². The van der Waals surface area contributed by atoms with Crippen molar-refractivity contribution in [2.24, 2.45) is 0 Å². The number of hydrogen-bond acceptors (Lipinski definition) is 2. The predicted octanol–water partition coefficient (Wildman–Crippen LogP) is 6.29. The van der Waals surface area contributed by atoms with Gasteiger partial charge in [-0.2, -0.15) is 0 Å². The Labute approximate surface area is 148 Å². The first-order valence-electron chi connectivity index (χ1n) is 7.05. The summed E-state index contributed by atoms with van der Waals surface area (Å²) in [5, 5.41) is 1.02. The number of ketones is 1. The van der Waals surface area contributed by atoms with Gasteiger partial charge in [0.05, 0.1) is 0 Å². The normalized spacial score (nSPS) is 11.1. The minimum Gasteiger partial charge on any atom is -0.457 e. The van der Waals surface area contributed by atoms with E-state index in [1.54, 1.807) is 36.4 Å². The molecule has 2 aromatic carbocycles. The maximum atomic E-state index is 12.9. The predicted molar refractivity (Wildman–Crippen MR) is 93.9 cm³/mol. The Hall–Kier alpha value is -2.36. The van der Waals surface area contributed by atoms with Crippen LogP contribution in [-0.4, -0.2) is 5.78 Å². The summed E-state index contributed by atoms with van der Waals surface area (Å²) in [6.45, 7) is 0. The van der Waals surface area contributed by atoms with Gasteiger partial charge < -0.3 is 4.42 Å². The molecule has 0 radical (unpaired) electrons. The third kappa shape index (κ3) is 3.94. The Balaban J connectivity index is 1.78. The molecule has 1 aromatic heterocycles. The number of halogens is 3. The molecule has 0 spiro atoms. The molecule has 0 saturated heterocycles. The lowest BCUT2D eigenvalue weighted by molar-refractivity contribution is 0.104. The molecule has 0 aliphatic rings. The molecule has 0 aliphatic carbocycles. The average Bonchev–Trinajstić information content (AvgIpc) is 3.01. The highest BCUT2D eigenvalue weighted by Crippen LogP contribution is 2.28. The van der Waals surface area contributed by atoms with Crippen molar-refractivity contribution in [3.8, 4) is 11.3 Å². The number of rotatable bonds is 4. The van der Waals surface area contributed by atoms with Crippen molar-refractivity contribution < 1.29 is 13.6 Å². The summed E-state index contributed by atoms with van der Waals surface area (Å²) < 4.78 is 18.5. The highest BCUT2D eigenvalue weighted by molar-refractivity contribution is 6.35. The van der Waals surface area contributed by atoms with Gasteiger partial charge in [0, 0.05) is 21.2 Å². The van der Waals surface area contributed by atoms with Gasteiger partial charge in [0.15, 0.2) is 5.78 Å². The van der Waals surface area contributed by atoms with E-state index in [0.717, 1.165) is 5.56 Å². The van der Waals surface area contributed by atoms with E-state index in [2.05, 4.69) is 0 Å². The Kier molecular flexibility index (Phi) is 4.84. The van der Waals surface area contributed by atoms with Crippen LogP contribution >= 0.6 is 23.2 Å². The zero-order valence-electron chi connectivity index (χ0n) is 12.3. The second kappa shape index (κ2) is 7.04. The van der Waals surface area contributed by atoms with Gasteiger partial charge in [-0.15, -0.1) is 0 Å². The van der Waals surface area contributed by atoms with Crippen LogP contribution in [0.1, 0.15) is 16.1 Å². The molecule has 0 amide bonds. The van der Waals surface area contributed by atoms with E-state index in [9.17, 15) is 9.18 Å². The maximum Gasteiger partial charge on any atom is 0.185 e. The molecular formula is C19H11Cl2FO2. The summed E-state index contributed by atoms with van der Waals surface area (Å²) >= 11 is 12.0. The first-order chi connectivity index (χ1) is 11.5. The standard InChI is InChI=1S/C19H11Cl2FO2/c20-14-9-13(10-15(21)11-14)19-8-6-17(24-19)5-7-18(23)12-1-3-16(22)4-2-12/h1-11H. The quantitative estimate of drug-likeness (QED) is 0.404. The molecule has 0 saturated carbocycles. The minimum atomic E-state index is -0.383. The molecule has 2 nitrogen and oxygen atoms in total. The number of hydrogen-bond donors (Lipinski definition) is 0. The van der Waals surface area contributed by atoms with Gasteiger partial charge in [-0.05, 0) is 66.7 Å². The lowest BCUT2D eigenvalue weighted by atomic mass is 10.1. The van der Waals surface area contributed by atoms with Crippen LogP contribution in [0.25, 0.3) is 17.4 Å². The summed E-state index contributed by atoms with van der Waals surface area (Å²) in [7, 11) is 0. The van der Waals surface area contributed by atoms with Crippen LogP contribution < -0.4 is 0 Å². The molecule has 24 heavy (non-hydrogen) atoms. The highest BCUT2D eigenvalue weighted by atomic mass is 35.5. The Morgan fingerprint density at radius 2 is 1.62 bits per heavy atom. The van der Waals surface area contributed by atoms with E-state index >= 15 is 0 Å². The first kappa shape index (κ1) is 16.5. The monoisotopic (exact) mass is 360 g/mol. The maximum absolute atomic E-state index is 12.9. The van der Waals surface area contributed by atoms with Gasteiger partial charge in [-0.1, -0.05) is 23.2 Å². The van der Waals surface area contributed by atoms with Crippen LogP contribution in [0.15, 0.2) is 65.1 Å². The Morgan fingerprint density at radius 1 is 0.958 bits per heavy atom. The molecule has 3 rings (SSSR count). The van der Waals surface area contributed by atoms with Gasteiger partial charge in [0.25, 0.3) is 0 Å². The molecule has 0 aliphatic heterocycles. The zero-order valence-corrected chi connectivity index (χ0v) is 13.8. The summed E-state index contributed by atoms with van der Waals surface area (Å²) in [4.78, 5) is 12.0. The van der Waals surface area contributed by atoms with Crippen molar-refractivity contribution in [3.63, 3.8) is 0 Å². The largest absolute Gasteiger partial charge is 0.457 e. The third-order valence-electron chi connectivity index (χ3n) is 3.30. The SMILES string of the molecule is O=C(C=Cc1ccc(-c2cc(Cl)cc(Cl)c2)o1)c1ccc(F)cc1. The molecule has 0 bridgehead atoms. The van der Waals surface area contributed by atoms with E-state index in [1.165, 1.54) is 30.3 Å². The Morgan fingerprint density at radius 3 is 2.29 bits per heavy atom. The molecule has 1 heterocycles. The molecular weight excluding hydrogens is 350 g/mol. The lowest BCUT2D eigenvalue weighted by Gasteiger charge is -1.99. The smallest absolute Gasteiger partial charge is 0.185 e. The first-order valence-corrected chi connectivity index (χ1v) is 7.81. The number of carbonyl (C=O) groups is 1. The summed E-state index contributed by atoms with van der Waals surface area (Å²) in [6.07, 6.45) is 2.93. The number of benzene rings is 2. The van der Waals surface area contributed by atoms with Gasteiger partial charge in [0.1, 0.15) is 17.3 Å². The van der Waals surface area contributed by atoms with Gasteiger partial charge >= 0.3 is 0 Å². The highest BCUT2D eigenvalue weighted by Gasteiger charge is 2.07. The van der Waals surface area contributed by atoms with Gasteiger partial charge in [-0.25, -0.2) is 4.39 Å². The van der Waals surface area contributed by atoms with Crippen molar-refractivity contribution in [2.75, 3.05) is 0 Å². The number of allylic oxidation sites excluding steroid dienone is 1. The molecule has 5 heteroatoms. The van der Waals surface area contributed by atoms with E-state index < -0.39 is 0 Å². The molecule has 0 fully saturated rings. The molecule has 120 valence electrons. The van der Waals surface area contributed by atoms with Crippen LogP contribution in [-0.2, 0) is 0 Å². The van der Waals surface area contributed by atoms with E-state index in [0.29, 0.717) is 27.1 Å². The van der Waals surface area contributed by atoms with Crippen LogP contribution in [0.4, 0.5) is 4.39 Å². The lowest BCUT2D eigenvalue weighted by Crippen LogP contribution is -1.93. The summed E-state index contributed by atoms with van der Waals surface area (Å²) in [5.74, 6) is 0.481. The van der Waals surface area contributed by atoms with E-state index in [-0.39, 0.29) is 11.6 Å². The van der Waals surface area contributed by atoms with Crippen molar-refractivity contribution in [2.45, 2.75) is 0 Å². The van der Waals surface area contributed by atoms with Crippen molar-refractivity contribution in [1.29, 1.82) is 0 Å². The Bertz CT molecular complexity index is 891. The summed E-state index contributed by atoms with van der Waals surface area (Å²) in [5.41, 5.74) is 1.15. The fraction of sp³-hybridized carbons (Fsp3) is 0. The van der Waals surface area contributed by atoms with Crippen molar-refractivity contribution in [3.05, 3.63) is 87.9 Å². The van der Waals surface area contributed by atoms with Crippen molar-refractivity contribution >= 4 is 35.1 Å². The number of carbonyl (C=O) groups excluding carboxylic acids is 1.